The van der Waals surface area contributed by atoms with Gasteiger partial charge in [-0.25, -0.2) is 9.78 Å². The number of aryl methyl sites for hydroxylation is 1. The quantitative estimate of drug-likeness (QED) is 0.645. The van der Waals surface area contributed by atoms with E-state index in [1.807, 2.05) is 53.9 Å². The number of methoxy groups -OCH3 is 1. The first-order valence-electron chi connectivity index (χ1n) is 9.58. The average molecular weight is 396 g/mol. The molecule has 0 saturated carbocycles. The molecule has 3 aromatic rings. The van der Waals surface area contributed by atoms with Crippen LogP contribution in [0.3, 0.4) is 0 Å². The van der Waals surface area contributed by atoms with Crippen molar-refractivity contribution in [2.75, 3.05) is 7.11 Å². The van der Waals surface area contributed by atoms with Crippen LogP contribution >= 0.6 is 0 Å². The molecule has 0 spiro atoms. The molecule has 0 fully saturated rings. The van der Waals surface area contributed by atoms with E-state index in [9.17, 15) is 9.90 Å². The molecule has 1 aliphatic rings. The molecule has 0 amide bonds. The Labute approximate surface area is 168 Å². The highest BCUT2D eigenvalue weighted by Crippen LogP contribution is 2.38. The Morgan fingerprint density at radius 2 is 2.10 bits per heavy atom. The molecule has 0 unspecified atom stereocenters. The first-order chi connectivity index (χ1) is 14.0. The van der Waals surface area contributed by atoms with Crippen molar-refractivity contribution in [1.82, 2.24) is 9.38 Å². The number of fused-ring (bicyclic) bond motifs is 2. The molecule has 152 valence electrons. The highest BCUT2D eigenvalue weighted by molar-refractivity contribution is 5.74. The molecule has 2 heterocycles. The molecule has 7 heteroatoms. The summed E-state index contributed by atoms with van der Waals surface area (Å²) < 4.78 is 19.0. The van der Waals surface area contributed by atoms with E-state index in [2.05, 4.69) is 4.98 Å². The van der Waals surface area contributed by atoms with Crippen molar-refractivity contribution in [1.29, 1.82) is 0 Å². The fourth-order valence-electron chi connectivity index (χ4n) is 3.73. The zero-order valence-corrected chi connectivity index (χ0v) is 16.7. The maximum absolute atomic E-state index is 12.3. The second-order valence-electron chi connectivity index (χ2n) is 7.16. The highest BCUT2D eigenvalue weighted by Gasteiger charge is 2.38. The largest absolute Gasteiger partial charge is 0.478 e. The van der Waals surface area contributed by atoms with Gasteiger partial charge < -0.3 is 19.3 Å². The number of pyridine rings is 1. The second kappa shape index (κ2) is 7.85. The predicted molar refractivity (Wildman–Crippen MR) is 106 cm³/mol. The number of benzene rings is 1. The third-order valence-electron chi connectivity index (χ3n) is 5.39. The number of hydrogen-bond acceptors (Lipinski definition) is 6. The molecular formula is C22H24N2O5. The maximum Gasteiger partial charge on any atom is 0.335 e. The fraction of sp³-hybridized carbons (Fsp3) is 0.364. The molecule has 29 heavy (non-hydrogen) atoms. The highest BCUT2D eigenvalue weighted by atomic mass is 16.6. The van der Waals surface area contributed by atoms with Crippen molar-refractivity contribution in [2.24, 2.45) is 0 Å². The zero-order valence-electron chi connectivity index (χ0n) is 16.7. The van der Waals surface area contributed by atoms with Crippen LogP contribution in [0.25, 0.3) is 5.65 Å². The van der Waals surface area contributed by atoms with Crippen molar-refractivity contribution in [3.05, 3.63) is 65.1 Å². The lowest BCUT2D eigenvalue weighted by molar-refractivity contribution is -0.163. The molecule has 2 aromatic heterocycles. The summed E-state index contributed by atoms with van der Waals surface area (Å²) in [6.45, 7) is 3.40. The normalized spacial score (nSPS) is 19.2. The number of imidazole rings is 1. The molecule has 1 aliphatic carbocycles. The Hall–Kier alpha value is -2.90. The summed E-state index contributed by atoms with van der Waals surface area (Å²) in [6, 6.07) is 11.6. The van der Waals surface area contributed by atoms with Crippen LogP contribution in [0.15, 0.2) is 42.6 Å². The molecule has 0 bridgehead atoms. The van der Waals surface area contributed by atoms with Gasteiger partial charge in [0.2, 0.25) is 0 Å². The van der Waals surface area contributed by atoms with Crippen LogP contribution in [0.4, 0.5) is 0 Å². The van der Waals surface area contributed by atoms with Gasteiger partial charge in [0.25, 0.3) is 0 Å². The average Bonchev–Trinajstić information content (AvgIpc) is 3.24. The van der Waals surface area contributed by atoms with Crippen LogP contribution in [0.5, 0.6) is 5.75 Å². The number of nitrogens with zero attached hydrogens (tertiary/aromatic N) is 2. The van der Waals surface area contributed by atoms with E-state index in [1.54, 1.807) is 6.92 Å². The van der Waals surface area contributed by atoms with E-state index in [4.69, 9.17) is 14.2 Å². The number of esters is 1. The Morgan fingerprint density at radius 3 is 2.86 bits per heavy atom. The summed E-state index contributed by atoms with van der Waals surface area (Å²) in [7, 11) is 1.48. The molecule has 1 N–H and O–H groups in total. The number of ether oxygens (including phenoxy) is 3. The Balaban J connectivity index is 1.69. The first-order valence-corrected chi connectivity index (χ1v) is 9.58. The fourth-order valence-corrected chi connectivity index (χ4v) is 3.73. The third-order valence-corrected chi connectivity index (χ3v) is 5.39. The molecule has 0 aliphatic heterocycles. The summed E-state index contributed by atoms with van der Waals surface area (Å²) in [5.74, 6) is 0.147. The Bertz CT molecular complexity index is 1040. The first kappa shape index (κ1) is 19.4. The van der Waals surface area contributed by atoms with Crippen LogP contribution in [-0.2, 0) is 27.3 Å². The van der Waals surface area contributed by atoms with Gasteiger partial charge >= 0.3 is 5.97 Å². The third kappa shape index (κ3) is 3.47. The van der Waals surface area contributed by atoms with Crippen LogP contribution in [0.1, 0.15) is 35.5 Å². The summed E-state index contributed by atoms with van der Waals surface area (Å²) in [6.07, 6.45) is 0.839. The predicted octanol–water partition coefficient (Wildman–Crippen LogP) is 2.76. The van der Waals surface area contributed by atoms with Crippen LogP contribution in [0.2, 0.25) is 0 Å². The topological polar surface area (TPSA) is 82.3 Å². The molecular weight excluding hydrogens is 372 g/mol. The van der Waals surface area contributed by atoms with E-state index in [-0.39, 0.29) is 6.61 Å². The molecule has 0 radical (unpaired) electrons. The lowest BCUT2D eigenvalue weighted by Gasteiger charge is -2.23. The SMILES string of the molecule is CO[C@@H](C)C(=O)O[C@@H]1Cc2ccccc2[C@H]1Oc1cccn2c(CO)c(C)nc12. The lowest BCUT2D eigenvalue weighted by Crippen LogP contribution is -2.31. The summed E-state index contributed by atoms with van der Waals surface area (Å²) in [5, 5.41) is 9.66. The number of carbonyl (C=O) groups is 1. The summed E-state index contributed by atoms with van der Waals surface area (Å²) in [5.41, 5.74) is 4.15. The van der Waals surface area contributed by atoms with Crippen molar-refractivity contribution < 1.29 is 24.1 Å². The van der Waals surface area contributed by atoms with Gasteiger partial charge in [0.05, 0.1) is 18.0 Å². The van der Waals surface area contributed by atoms with Gasteiger partial charge in [-0.05, 0) is 37.1 Å². The number of aromatic nitrogens is 2. The van der Waals surface area contributed by atoms with Crippen molar-refractivity contribution in [3.8, 4) is 5.75 Å². The monoisotopic (exact) mass is 396 g/mol. The van der Waals surface area contributed by atoms with E-state index in [0.717, 1.165) is 16.8 Å². The zero-order chi connectivity index (χ0) is 20.5. The number of hydrogen-bond donors (Lipinski definition) is 1. The minimum absolute atomic E-state index is 0.113. The van der Waals surface area contributed by atoms with E-state index < -0.39 is 24.3 Å². The molecule has 3 atom stereocenters. The van der Waals surface area contributed by atoms with E-state index in [0.29, 0.717) is 23.5 Å². The Kier molecular flexibility index (Phi) is 5.25. The maximum atomic E-state index is 12.3. The van der Waals surface area contributed by atoms with Crippen molar-refractivity contribution in [2.45, 2.75) is 45.2 Å². The molecule has 0 saturated heterocycles. The van der Waals surface area contributed by atoms with Gasteiger partial charge in [0.1, 0.15) is 6.10 Å². The van der Waals surface area contributed by atoms with Crippen LogP contribution in [-0.4, -0.2) is 39.8 Å². The van der Waals surface area contributed by atoms with Gasteiger partial charge in [-0.3, -0.25) is 4.40 Å². The smallest absolute Gasteiger partial charge is 0.335 e. The van der Waals surface area contributed by atoms with Gasteiger partial charge in [-0.15, -0.1) is 0 Å². The van der Waals surface area contributed by atoms with Gasteiger partial charge in [-0.1, -0.05) is 24.3 Å². The number of carbonyl (C=O) groups excluding carboxylic acids is 1. The van der Waals surface area contributed by atoms with Crippen LogP contribution in [0, 0.1) is 6.92 Å². The number of aliphatic hydroxyl groups excluding tert-OH is 1. The second-order valence-corrected chi connectivity index (χ2v) is 7.16. The van der Waals surface area contributed by atoms with E-state index in [1.165, 1.54) is 7.11 Å². The minimum atomic E-state index is -0.648. The molecule has 4 rings (SSSR count). The van der Waals surface area contributed by atoms with Crippen molar-refractivity contribution in [3.63, 3.8) is 0 Å². The summed E-state index contributed by atoms with van der Waals surface area (Å²) >= 11 is 0. The Morgan fingerprint density at radius 1 is 1.31 bits per heavy atom. The van der Waals surface area contributed by atoms with Gasteiger partial charge in [0, 0.05) is 19.7 Å². The molecule has 1 aromatic carbocycles. The van der Waals surface area contributed by atoms with Gasteiger partial charge in [-0.2, -0.15) is 0 Å². The minimum Gasteiger partial charge on any atom is -0.478 e. The van der Waals surface area contributed by atoms with Crippen molar-refractivity contribution >= 4 is 11.6 Å². The number of aliphatic hydroxyl groups is 1. The van der Waals surface area contributed by atoms with Crippen LogP contribution < -0.4 is 4.74 Å². The van der Waals surface area contributed by atoms with Gasteiger partial charge in [0.15, 0.2) is 23.6 Å². The molecule has 7 nitrogen and oxygen atoms in total. The summed E-state index contributed by atoms with van der Waals surface area (Å²) in [4.78, 5) is 16.9. The lowest BCUT2D eigenvalue weighted by atomic mass is 10.1. The van der Waals surface area contributed by atoms with E-state index >= 15 is 0 Å². The number of rotatable bonds is 6. The standard InChI is InChI=1S/C22H24N2O5/c1-13-17(12-25)24-10-6-9-18(21(24)23-13)28-20-16-8-5-4-7-15(16)11-19(20)29-22(26)14(2)27-3/h4-10,14,19-20,25H,11-12H2,1-3H3/t14-,19+,20+/m0/s1.